The first-order chi connectivity index (χ1) is 12.5. The summed E-state index contributed by atoms with van der Waals surface area (Å²) in [5.74, 6) is 0.288. The topological polar surface area (TPSA) is 29.7 Å². The molecule has 5 heteroatoms. The molecular formula is C21H27ClN3O+. The highest BCUT2D eigenvalue weighted by molar-refractivity contribution is 6.30. The van der Waals surface area contributed by atoms with Gasteiger partial charge in [0.05, 0.1) is 26.2 Å². The maximum Gasteiger partial charge on any atom is 0.218 e. The molecule has 138 valence electrons. The molecule has 0 radical (unpaired) electrons. The smallest absolute Gasteiger partial charge is 0.218 e. The van der Waals surface area contributed by atoms with Crippen LogP contribution in [0, 0.1) is 13.8 Å². The van der Waals surface area contributed by atoms with Gasteiger partial charge in [0.2, 0.25) is 5.78 Å². The van der Waals surface area contributed by atoms with Crippen LogP contribution < -0.4 is 9.80 Å². The second-order valence-corrected chi connectivity index (χ2v) is 8.14. The predicted molar refractivity (Wildman–Crippen MR) is 106 cm³/mol. The SMILES string of the molecule is Cc1cc(C(=O)C[NH+]2CCN(c3cccc(Cl)c3)CC2)c(C)n1C1CC1. The van der Waals surface area contributed by atoms with Crippen LogP contribution in [0.4, 0.5) is 5.69 Å². The summed E-state index contributed by atoms with van der Waals surface area (Å²) in [5.41, 5.74) is 4.50. The molecule has 1 aromatic carbocycles. The minimum absolute atomic E-state index is 0.288. The molecule has 2 aromatic rings. The lowest BCUT2D eigenvalue weighted by Crippen LogP contribution is -3.15. The van der Waals surface area contributed by atoms with Crippen LogP contribution in [0.15, 0.2) is 30.3 Å². The van der Waals surface area contributed by atoms with Gasteiger partial charge in [0, 0.05) is 33.7 Å². The van der Waals surface area contributed by atoms with Gasteiger partial charge in [0.25, 0.3) is 0 Å². The summed E-state index contributed by atoms with van der Waals surface area (Å²) >= 11 is 6.11. The fourth-order valence-electron chi connectivity index (χ4n) is 4.21. The molecule has 1 saturated carbocycles. The number of hydrogen-bond donors (Lipinski definition) is 1. The second-order valence-electron chi connectivity index (χ2n) is 7.70. The van der Waals surface area contributed by atoms with E-state index in [1.165, 1.54) is 29.1 Å². The number of ketones is 1. The van der Waals surface area contributed by atoms with Crippen molar-refractivity contribution in [2.45, 2.75) is 32.7 Å². The summed E-state index contributed by atoms with van der Waals surface area (Å²) in [5, 5.41) is 0.776. The van der Waals surface area contributed by atoms with Crippen LogP contribution in [-0.2, 0) is 0 Å². The summed E-state index contributed by atoms with van der Waals surface area (Å²) in [6.45, 7) is 8.72. The van der Waals surface area contributed by atoms with E-state index in [1.54, 1.807) is 0 Å². The summed E-state index contributed by atoms with van der Waals surface area (Å²) < 4.78 is 2.36. The van der Waals surface area contributed by atoms with Crippen molar-refractivity contribution in [1.82, 2.24) is 4.57 Å². The lowest BCUT2D eigenvalue weighted by Gasteiger charge is -2.33. The minimum atomic E-state index is 0.288. The van der Waals surface area contributed by atoms with Gasteiger partial charge in [-0.1, -0.05) is 17.7 Å². The average molecular weight is 373 g/mol. The summed E-state index contributed by atoms with van der Waals surface area (Å²) in [6.07, 6.45) is 2.50. The van der Waals surface area contributed by atoms with Crippen LogP contribution in [0.25, 0.3) is 0 Å². The molecule has 0 amide bonds. The van der Waals surface area contributed by atoms with E-state index in [4.69, 9.17) is 11.6 Å². The number of hydrogen-bond acceptors (Lipinski definition) is 2. The van der Waals surface area contributed by atoms with E-state index in [-0.39, 0.29) is 5.78 Å². The Morgan fingerprint density at radius 1 is 1.19 bits per heavy atom. The molecule has 1 N–H and O–H groups in total. The molecule has 1 saturated heterocycles. The van der Waals surface area contributed by atoms with Gasteiger partial charge in [-0.05, 0) is 51.0 Å². The number of nitrogens with zero attached hydrogens (tertiary/aromatic N) is 2. The number of rotatable bonds is 5. The Hall–Kier alpha value is -1.78. The van der Waals surface area contributed by atoms with Crippen molar-refractivity contribution in [1.29, 1.82) is 0 Å². The van der Waals surface area contributed by atoms with E-state index in [9.17, 15) is 4.79 Å². The van der Waals surface area contributed by atoms with Gasteiger partial charge in [-0.2, -0.15) is 0 Å². The van der Waals surface area contributed by atoms with Crippen LogP contribution >= 0.6 is 11.6 Å². The van der Waals surface area contributed by atoms with Crippen molar-refractivity contribution in [2.75, 3.05) is 37.6 Å². The van der Waals surface area contributed by atoms with Gasteiger partial charge in [-0.3, -0.25) is 4.79 Å². The number of piperazine rings is 1. The first kappa shape index (κ1) is 17.6. The number of aryl methyl sites for hydroxylation is 1. The first-order valence-corrected chi connectivity index (χ1v) is 9.96. The third kappa shape index (κ3) is 3.53. The monoisotopic (exact) mass is 372 g/mol. The number of quaternary nitrogens is 1. The number of anilines is 1. The molecule has 0 unspecified atom stereocenters. The van der Waals surface area contributed by atoms with Gasteiger partial charge in [0.15, 0.2) is 0 Å². The molecule has 4 nitrogen and oxygen atoms in total. The van der Waals surface area contributed by atoms with Gasteiger partial charge < -0.3 is 14.4 Å². The Balaban J connectivity index is 1.37. The molecule has 0 spiro atoms. The number of carbonyl (C=O) groups excluding carboxylic acids is 1. The molecular weight excluding hydrogens is 346 g/mol. The third-order valence-electron chi connectivity index (χ3n) is 5.75. The molecule has 1 aliphatic carbocycles. The molecule has 4 rings (SSSR count). The quantitative estimate of drug-likeness (QED) is 0.818. The van der Waals surface area contributed by atoms with Gasteiger partial charge in [-0.25, -0.2) is 0 Å². The minimum Gasteiger partial charge on any atom is -0.360 e. The molecule has 2 fully saturated rings. The highest BCUT2D eigenvalue weighted by atomic mass is 35.5. The van der Waals surface area contributed by atoms with Gasteiger partial charge in [0.1, 0.15) is 6.54 Å². The van der Waals surface area contributed by atoms with Gasteiger partial charge >= 0.3 is 0 Å². The molecule has 1 aromatic heterocycles. The lowest BCUT2D eigenvalue weighted by molar-refractivity contribution is -0.892. The zero-order valence-corrected chi connectivity index (χ0v) is 16.4. The van der Waals surface area contributed by atoms with E-state index >= 15 is 0 Å². The average Bonchev–Trinajstić information content (AvgIpc) is 3.40. The number of nitrogens with one attached hydrogen (secondary N) is 1. The second kappa shape index (κ2) is 7.09. The normalized spacial score (nSPS) is 18.3. The van der Waals surface area contributed by atoms with E-state index < -0.39 is 0 Å². The zero-order valence-electron chi connectivity index (χ0n) is 15.6. The van der Waals surface area contributed by atoms with Crippen LogP contribution in [-0.4, -0.2) is 43.1 Å². The number of carbonyl (C=O) groups is 1. The van der Waals surface area contributed by atoms with Crippen molar-refractivity contribution < 1.29 is 9.69 Å². The summed E-state index contributed by atoms with van der Waals surface area (Å²) in [7, 11) is 0. The molecule has 2 aliphatic rings. The van der Waals surface area contributed by atoms with Crippen LogP contribution in [0.2, 0.25) is 5.02 Å². The van der Waals surface area contributed by atoms with Crippen LogP contribution in [0.3, 0.4) is 0 Å². The maximum absolute atomic E-state index is 12.9. The van der Waals surface area contributed by atoms with E-state index in [0.29, 0.717) is 12.6 Å². The Morgan fingerprint density at radius 3 is 2.58 bits per heavy atom. The summed E-state index contributed by atoms with van der Waals surface area (Å²) in [4.78, 5) is 16.6. The summed E-state index contributed by atoms with van der Waals surface area (Å²) in [6, 6.07) is 10.8. The molecule has 2 heterocycles. The first-order valence-electron chi connectivity index (χ1n) is 9.58. The number of benzene rings is 1. The Labute approximate surface area is 160 Å². The molecule has 0 bridgehead atoms. The Bertz CT molecular complexity index is 817. The van der Waals surface area contributed by atoms with Crippen molar-refractivity contribution >= 4 is 23.1 Å². The van der Waals surface area contributed by atoms with Crippen molar-refractivity contribution in [3.8, 4) is 0 Å². The maximum atomic E-state index is 12.9. The molecule has 1 aliphatic heterocycles. The van der Waals surface area contributed by atoms with E-state index in [0.717, 1.165) is 42.5 Å². The van der Waals surface area contributed by atoms with Crippen LogP contribution in [0.1, 0.15) is 40.6 Å². The van der Waals surface area contributed by atoms with Crippen molar-refractivity contribution in [3.05, 3.63) is 52.3 Å². The highest BCUT2D eigenvalue weighted by Crippen LogP contribution is 2.38. The Kier molecular flexibility index (Phi) is 4.80. The van der Waals surface area contributed by atoms with Crippen LogP contribution in [0.5, 0.6) is 0 Å². The largest absolute Gasteiger partial charge is 0.360 e. The van der Waals surface area contributed by atoms with Gasteiger partial charge in [-0.15, -0.1) is 0 Å². The molecule has 26 heavy (non-hydrogen) atoms. The molecule has 0 atom stereocenters. The fraction of sp³-hybridized carbons (Fsp3) is 0.476. The number of aromatic nitrogens is 1. The standard InChI is InChI=1S/C21H26ClN3O/c1-15-12-20(16(2)25(15)18-6-7-18)21(26)14-23-8-10-24(11-9-23)19-5-3-4-17(22)13-19/h3-5,12-13,18H,6-11,14H2,1-2H3/p+1. The van der Waals surface area contributed by atoms with E-state index in [2.05, 4.69) is 35.4 Å². The Morgan fingerprint density at radius 2 is 1.92 bits per heavy atom. The van der Waals surface area contributed by atoms with Crippen molar-refractivity contribution in [2.24, 2.45) is 0 Å². The predicted octanol–water partition coefficient (Wildman–Crippen LogP) is 2.68. The van der Waals surface area contributed by atoms with Crippen molar-refractivity contribution in [3.63, 3.8) is 0 Å². The van der Waals surface area contributed by atoms with E-state index in [1.807, 2.05) is 18.2 Å². The third-order valence-corrected chi connectivity index (χ3v) is 5.99. The fourth-order valence-corrected chi connectivity index (χ4v) is 4.39. The zero-order chi connectivity index (χ0) is 18.3. The lowest BCUT2D eigenvalue weighted by atomic mass is 10.1. The number of halogens is 1. The highest BCUT2D eigenvalue weighted by Gasteiger charge is 2.30. The number of Topliss-reactive ketones (excluding diaryl/α,β-unsaturated/α-hetero) is 1.